The van der Waals surface area contributed by atoms with Gasteiger partial charge in [0.05, 0.1) is 11.4 Å². The van der Waals surface area contributed by atoms with E-state index < -0.39 is 17.7 Å². The van der Waals surface area contributed by atoms with Crippen molar-refractivity contribution in [2.45, 2.75) is 19.1 Å². The van der Waals surface area contributed by atoms with Crippen molar-refractivity contribution in [3.05, 3.63) is 47.0 Å². The fourth-order valence-electron chi connectivity index (χ4n) is 2.37. The number of hydrogen-bond acceptors (Lipinski definition) is 2. The highest BCUT2D eigenvalue weighted by atomic mass is 19.4. The number of rotatable bonds is 1. The van der Waals surface area contributed by atoms with Crippen LogP contribution in [0, 0.1) is 5.82 Å². The van der Waals surface area contributed by atoms with Crippen molar-refractivity contribution in [1.82, 2.24) is 15.1 Å². The van der Waals surface area contributed by atoms with Crippen molar-refractivity contribution in [2.24, 2.45) is 0 Å². The molecule has 1 N–H and O–H groups in total. The van der Waals surface area contributed by atoms with Gasteiger partial charge in [0.1, 0.15) is 5.82 Å². The van der Waals surface area contributed by atoms with Crippen LogP contribution in [0.3, 0.4) is 0 Å². The molecule has 106 valence electrons. The number of benzene rings is 1. The van der Waals surface area contributed by atoms with Crippen LogP contribution in [0.1, 0.15) is 17.0 Å². The molecule has 0 amide bonds. The highest BCUT2D eigenvalue weighted by Gasteiger charge is 2.39. The first kappa shape index (κ1) is 13.1. The number of halogens is 4. The van der Waals surface area contributed by atoms with Crippen molar-refractivity contribution in [2.75, 3.05) is 6.54 Å². The molecule has 1 aromatic carbocycles. The van der Waals surface area contributed by atoms with Crippen molar-refractivity contribution < 1.29 is 17.6 Å². The lowest BCUT2D eigenvalue weighted by molar-refractivity contribution is -0.142. The van der Waals surface area contributed by atoms with Crippen LogP contribution in [0.4, 0.5) is 17.6 Å². The molecule has 0 saturated carbocycles. The first-order valence-electron chi connectivity index (χ1n) is 6.11. The van der Waals surface area contributed by atoms with Crippen molar-refractivity contribution in [1.29, 1.82) is 0 Å². The van der Waals surface area contributed by atoms with Crippen molar-refractivity contribution in [3.63, 3.8) is 0 Å². The van der Waals surface area contributed by atoms with E-state index >= 15 is 0 Å². The Morgan fingerprint density at radius 2 is 1.85 bits per heavy atom. The summed E-state index contributed by atoms with van der Waals surface area (Å²) in [6.07, 6.45) is -4.04. The summed E-state index contributed by atoms with van der Waals surface area (Å²) in [5.74, 6) is -0.438. The number of nitrogens with one attached hydrogen (secondary N) is 1. The van der Waals surface area contributed by atoms with Crippen molar-refractivity contribution in [3.8, 4) is 5.69 Å². The van der Waals surface area contributed by atoms with E-state index in [-0.39, 0.29) is 12.1 Å². The van der Waals surface area contributed by atoms with Gasteiger partial charge in [-0.25, -0.2) is 9.07 Å². The van der Waals surface area contributed by atoms with Gasteiger partial charge in [-0.3, -0.25) is 0 Å². The second-order valence-corrected chi connectivity index (χ2v) is 4.59. The highest BCUT2D eigenvalue weighted by Crippen LogP contribution is 2.34. The van der Waals surface area contributed by atoms with Gasteiger partial charge in [-0.1, -0.05) is 0 Å². The average Bonchev–Trinajstić information content (AvgIpc) is 2.79. The molecule has 1 aromatic heterocycles. The molecule has 3 nitrogen and oxygen atoms in total. The van der Waals surface area contributed by atoms with Crippen LogP contribution in [0.25, 0.3) is 5.69 Å². The molecule has 2 aromatic rings. The Morgan fingerprint density at radius 3 is 2.50 bits per heavy atom. The maximum absolute atomic E-state index is 13.0. The Morgan fingerprint density at radius 1 is 1.15 bits per heavy atom. The number of alkyl halides is 3. The van der Waals surface area contributed by atoms with Gasteiger partial charge < -0.3 is 5.32 Å². The summed E-state index contributed by atoms with van der Waals surface area (Å²) in [6.45, 7) is 0.739. The SMILES string of the molecule is Fc1ccc(-n2nc(C(F)(F)F)c3c2CCNC3)cc1. The van der Waals surface area contributed by atoms with Crippen LogP contribution in [-0.4, -0.2) is 16.3 Å². The summed E-state index contributed by atoms with van der Waals surface area (Å²) >= 11 is 0. The summed E-state index contributed by atoms with van der Waals surface area (Å²) < 4.78 is 53.2. The zero-order valence-electron chi connectivity index (χ0n) is 10.3. The number of hydrogen-bond donors (Lipinski definition) is 1. The minimum atomic E-state index is -4.49. The van der Waals surface area contributed by atoms with E-state index in [9.17, 15) is 17.6 Å². The zero-order valence-corrected chi connectivity index (χ0v) is 10.3. The molecule has 2 heterocycles. The Bertz CT molecular complexity index is 628. The molecule has 0 atom stereocenters. The first-order chi connectivity index (χ1) is 9.47. The fourth-order valence-corrected chi connectivity index (χ4v) is 2.37. The van der Waals surface area contributed by atoms with E-state index in [2.05, 4.69) is 10.4 Å². The molecular weight excluding hydrogens is 274 g/mol. The number of aromatic nitrogens is 2. The van der Waals surface area contributed by atoms with Gasteiger partial charge in [-0.15, -0.1) is 0 Å². The standard InChI is InChI=1S/C13H11F4N3/c14-8-1-3-9(4-2-8)20-11-5-6-18-7-10(11)12(19-20)13(15,16)17/h1-4,18H,5-7H2. The molecule has 0 unspecified atom stereocenters. The molecule has 20 heavy (non-hydrogen) atoms. The van der Waals surface area contributed by atoms with Crippen LogP contribution < -0.4 is 5.32 Å². The van der Waals surface area contributed by atoms with Gasteiger partial charge in [-0.05, 0) is 24.3 Å². The maximum Gasteiger partial charge on any atom is 0.435 e. The third-order valence-corrected chi connectivity index (χ3v) is 3.27. The lowest BCUT2D eigenvalue weighted by Gasteiger charge is -2.16. The van der Waals surface area contributed by atoms with Crippen LogP contribution in [0.15, 0.2) is 24.3 Å². The molecule has 3 rings (SSSR count). The molecule has 0 spiro atoms. The van der Waals surface area contributed by atoms with E-state index in [0.717, 1.165) is 0 Å². The largest absolute Gasteiger partial charge is 0.435 e. The Balaban J connectivity index is 2.16. The fraction of sp³-hybridized carbons (Fsp3) is 0.308. The first-order valence-corrected chi connectivity index (χ1v) is 6.11. The van der Waals surface area contributed by atoms with Crippen LogP contribution in [0.2, 0.25) is 0 Å². The summed E-state index contributed by atoms with van der Waals surface area (Å²) in [5.41, 5.74) is 0.264. The molecule has 1 aliphatic rings. The second-order valence-electron chi connectivity index (χ2n) is 4.59. The molecule has 0 fully saturated rings. The molecule has 7 heteroatoms. The molecule has 0 bridgehead atoms. The highest BCUT2D eigenvalue weighted by molar-refractivity contribution is 5.39. The molecule has 0 saturated heterocycles. The van der Waals surface area contributed by atoms with E-state index in [1.54, 1.807) is 0 Å². The van der Waals surface area contributed by atoms with Gasteiger partial charge in [-0.2, -0.15) is 18.3 Å². The smallest absolute Gasteiger partial charge is 0.312 e. The third-order valence-electron chi connectivity index (χ3n) is 3.27. The summed E-state index contributed by atoms with van der Waals surface area (Å²) in [7, 11) is 0. The van der Waals surface area contributed by atoms with E-state index in [1.165, 1.54) is 28.9 Å². The number of nitrogens with zero attached hydrogens (tertiary/aromatic N) is 2. The topological polar surface area (TPSA) is 29.9 Å². The summed E-state index contributed by atoms with van der Waals surface area (Å²) in [4.78, 5) is 0. The minimum Gasteiger partial charge on any atom is -0.312 e. The summed E-state index contributed by atoms with van der Waals surface area (Å²) in [6, 6.07) is 5.26. The zero-order chi connectivity index (χ0) is 14.3. The Hall–Kier alpha value is -1.89. The maximum atomic E-state index is 13.0. The predicted octanol–water partition coefficient (Wildman–Crippen LogP) is 2.68. The van der Waals surface area contributed by atoms with Crippen LogP contribution >= 0.6 is 0 Å². The predicted molar refractivity (Wildman–Crippen MR) is 63.9 cm³/mol. The van der Waals surface area contributed by atoms with Crippen molar-refractivity contribution >= 4 is 0 Å². The molecule has 0 radical (unpaired) electrons. The van der Waals surface area contributed by atoms with Gasteiger partial charge in [0.25, 0.3) is 0 Å². The van der Waals surface area contributed by atoms with Gasteiger partial charge in [0.2, 0.25) is 0 Å². The number of fused-ring (bicyclic) bond motifs is 1. The van der Waals surface area contributed by atoms with Crippen LogP contribution in [0.5, 0.6) is 0 Å². The Kier molecular flexibility index (Phi) is 3.01. The van der Waals surface area contributed by atoms with Gasteiger partial charge in [0, 0.05) is 25.1 Å². The van der Waals surface area contributed by atoms with Gasteiger partial charge in [0.15, 0.2) is 5.69 Å². The molecular formula is C13H11F4N3. The molecule has 1 aliphatic heterocycles. The molecule has 0 aliphatic carbocycles. The Labute approximate surface area is 112 Å². The second kappa shape index (κ2) is 4.59. The minimum absolute atomic E-state index is 0.144. The van der Waals surface area contributed by atoms with E-state index in [4.69, 9.17) is 0 Å². The average molecular weight is 285 g/mol. The van der Waals surface area contributed by atoms with E-state index in [1.807, 2.05) is 0 Å². The lowest BCUT2D eigenvalue weighted by atomic mass is 10.1. The monoisotopic (exact) mass is 285 g/mol. The van der Waals surface area contributed by atoms with Crippen LogP contribution in [-0.2, 0) is 19.1 Å². The lowest BCUT2D eigenvalue weighted by Crippen LogP contribution is -2.25. The summed E-state index contributed by atoms with van der Waals surface area (Å²) in [5, 5.41) is 6.61. The quantitative estimate of drug-likeness (QED) is 0.816. The van der Waals surface area contributed by atoms with E-state index in [0.29, 0.717) is 24.3 Å². The normalized spacial score (nSPS) is 15.2. The van der Waals surface area contributed by atoms with Gasteiger partial charge >= 0.3 is 6.18 Å². The third kappa shape index (κ3) is 2.18.